The highest BCUT2D eigenvalue weighted by Crippen LogP contribution is 2.37. The molecule has 0 atom stereocenters. The molecule has 318 valence electrons. The summed E-state index contributed by atoms with van der Waals surface area (Å²) in [6, 6.07) is 29.7. The highest BCUT2D eigenvalue weighted by molar-refractivity contribution is 9.10. The average molecular weight is 918 g/mol. The van der Waals surface area contributed by atoms with Gasteiger partial charge in [-0.2, -0.15) is 0 Å². The third-order valence-corrected chi connectivity index (χ3v) is 10.7. The summed E-state index contributed by atoms with van der Waals surface area (Å²) in [4.78, 5) is 0. The number of anilines is 2. The van der Waals surface area contributed by atoms with E-state index in [0.29, 0.717) is 5.56 Å². The Bertz CT molecular complexity index is 2570. The molecule has 4 nitrogen and oxygen atoms in total. The van der Waals surface area contributed by atoms with Crippen LogP contribution in [0.1, 0.15) is 61.1 Å². The lowest BCUT2D eigenvalue weighted by Crippen LogP contribution is -2.41. The van der Waals surface area contributed by atoms with Crippen molar-refractivity contribution in [3.8, 4) is 34.8 Å². The van der Waals surface area contributed by atoms with Crippen LogP contribution in [0.3, 0.4) is 0 Å². The van der Waals surface area contributed by atoms with Gasteiger partial charge in [-0.15, -0.1) is 0 Å². The monoisotopic (exact) mass is 916 g/mol. The minimum absolute atomic E-state index is 0.0151. The summed E-state index contributed by atoms with van der Waals surface area (Å²) >= 11 is 2.33. The quantitative estimate of drug-likeness (QED) is 0.0453. The number of nitrogens with two attached hydrogens (primary N) is 2. The van der Waals surface area contributed by atoms with Gasteiger partial charge in [0.2, 0.25) is 0 Å². The van der Waals surface area contributed by atoms with Crippen LogP contribution in [0, 0.1) is 84.1 Å². The molecule has 1 aliphatic heterocycles. The second kappa shape index (κ2) is 19.3. The van der Waals surface area contributed by atoms with Crippen molar-refractivity contribution in [1.82, 2.24) is 0 Å². The van der Waals surface area contributed by atoms with Crippen LogP contribution in [0.25, 0.3) is 11.1 Å². The first-order valence-corrected chi connectivity index (χ1v) is 19.5. The molecule has 7 rings (SSSR count). The SMILES string of the molecule is Cc1ccc(C#Cc2ccc(-c3c(F)c(F)c(N)c(F)c3F)cc2)cc1.Cc1ccc(C#Cc2ccc(B3OC(C)(C)C(C)(C)O3)cc2)cc1.Nc1c(F)c(F)c(Br)c(F)c1F. The van der Waals surface area contributed by atoms with Crippen molar-refractivity contribution in [1.29, 1.82) is 0 Å². The fraction of sp³-hybridized carbons (Fsp3) is 0.167. The van der Waals surface area contributed by atoms with Crippen molar-refractivity contribution in [2.45, 2.75) is 52.7 Å². The molecule has 0 aromatic heterocycles. The van der Waals surface area contributed by atoms with E-state index < -0.39 is 67.9 Å². The summed E-state index contributed by atoms with van der Waals surface area (Å²) in [5.41, 5.74) is 12.7. The van der Waals surface area contributed by atoms with Crippen molar-refractivity contribution in [3.63, 3.8) is 0 Å². The average Bonchev–Trinajstić information content (AvgIpc) is 3.49. The van der Waals surface area contributed by atoms with Crippen LogP contribution in [0.5, 0.6) is 0 Å². The lowest BCUT2D eigenvalue weighted by atomic mass is 9.79. The number of halogens is 9. The summed E-state index contributed by atoms with van der Waals surface area (Å²) in [6.07, 6.45) is 0. The van der Waals surface area contributed by atoms with Gasteiger partial charge in [0.25, 0.3) is 0 Å². The van der Waals surface area contributed by atoms with Gasteiger partial charge in [-0.1, -0.05) is 83.3 Å². The van der Waals surface area contributed by atoms with Crippen molar-refractivity contribution in [3.05, 3.63) is 181 Å². The first kappa shape index (κ1) is 47.0. The Morgan fingerprint density at radius 2 is 0.742 bits per heavy atom. The van der Waals surface area contributed by atoms with Crippen LogP contribution in [-0.2, 0) is 9.31 Å². The summed E-state index contributed by atoms with van der Waals surface area (Å²) in [5, 5.41) is 0. The number of nitrogen functional groups attached to an aromatic ring is 2. The van der Waals surface area contributed by atoms with E-state index in [1.165, 1.54) is 29.8 Å². The topological polar surface area (TPSA) is 70.5 Å². The fourth-order valence-electron chi connectivity index (χ4n) is 5.51. The fourth-order valence-corrected chi connectivity index (χ4v) is 5.86. The molecule has 0 saturated carbocycles. The molecule has 6 aromatic carbocycles. The molecule has 14 heteroatoms. The minimum atomic E-state index is -1.61. The molecular formula is C48H38BBrF8N2O2. The number of rotatable bonds is 2. The molecule has 1 fully saturated rings. The number of aryl methyl sites for hydroxylation is 2. The normalized spacial score (nSPS) is 13.4. The zero-order valence-corrected chi connectivity index (χ0v) is 35.8. The van der Waals surface area contributed by atoms with Gasteiger partial charge in [0.15, 0.2) is 46.5 Å². The van der Waals surface area contributed by atoms with E-state index in [9.17, 15) is 35.1 Å². The van der Waals surface area contributed by atoms with E-state index in [2.05, 4.69) is 86.4 Å². The molecule has 1 aliphatic rings. The molecule has 1 heterocycles. The Morgan fingerprint density at radius 3 is 1.08 bits per heavy atom. The van der Waals surface area contributed by atoms with Gasteiger partial charge in [0.05, 0.1) is 21.2 Å². The Kier molecular flexibility index (Phi) is 14.7. The van der Waals surface area contributed by atoms with Crippen LogP contribution in [0.15, 0.2) is 102 Å². The van der Waals surface area contributed by atoms with Gasteiger partial charge in [0.1, 0.15) is 11.4 Å². The molecule has 0 unspecified atom stereocenters. The van der Waals surface area contributed by atoms with Crippen molar-refractivity contribution in [2.24, 2.45) is 0 Å². The lowest BCUT2D eigenvalue weighted by molar-refractivity contribution is 0.00578. The largest absolute Gasteiger partial charge is 0.494 e. The molecule has 6 aromatic rings. The molecule has 0 spiro atoms. The van der Waals surface area contributed by atoms with Gasteiger partial charge in [-0.05, 0) is 117 Å². The maximum atomic E-state index is 14.0. The smallest absolute Gasteiger partial charge is 0.399 e. The predicted octanol–water partition coefficient (Wildman–Crippen LogP) is 11.5. The molecule has 4 N–H and O–H groups in total. The van der Waals surface area contributed by atoms with Crippen LogP contribution in [0.2, 0.25) is 0 Å². The summed E-state index contributed by atoms with van der Waals surface area (Å²) < 4.78 is 117. The Balaban J connectivity index is 0.000000187. The van der Waals surface area contributed by atoms with Crippen molar-refractivity contribution < 1.29 is 44.4 Å². The van der Waals surface area contributed by atoms with E-state index >= 15 is 0 Å². The molecule has 0 amide bonds. The highest BCUT2D eigenvalue weighted by Gasteiger charge is 2.51. The third kappa shape index (κ3) is 10.7. The number of hydrogen-bond donors (Lipinski definition) is 2. The van der Waals surface area contributed by atoms with Crippen LogP contribution in [-0.4, -0.2) is 18.3 Å². The maximum absolute atomic E-state index is 14.0. The lowest BCUT2D eigenvalue weighted by Gasteiger charge is -2.32. The maximum Gasteiger partial charge on any atom is 0.494 e. The summed E-state index contributed by atoms with van der Waals surface area (Å²) in [6.45, 7) is 12.3. The Morgan fingerprint density at radius 1 is 0.452 bits per heavy atom. The van der Waals surface area contributed by atoms with Gasteiger partial charge in [0, 0.05) is 22.3 Å². The predicted molar refractivity (Wildman–Crippen MR) is 231 cm³/mol. The van der Waals surface area contributed by atoms with Gasteiger partial charge in [-0.3, -0.25) is 0 Å². The van der Waals surface area contributed by atoms with Crippen molar-refractivity contribution >= 4 is 39.9 Å². The Hall–Kier alpha value is -6.06. The third-order valence-electron chi connectivity index (χ3n) is 9.96. The van der Waals surface area contributed by atoms with E-state index in [1.54, 1.807) is 0 Å². The number of benzene rings is 6. The zero-order chi connectivity index (χ0) is 45.7. The van der Waals surface area contributed by atoms with Gasteiger partial charge in [-0.25, -0.2) is 35.1 Å². The summed E-state index contributed by atoms with van der Waals surface area (Å²) in [5.74, 6) is -0.273. The van der Waals surface area contributed by atoms with Crippen LogP contribution >= 0.6 is 15.9 Å². The van der Waals surface area contributed by atoms with E-state index in [-0.39, 0.29) is 23.9 Å². The first-order valence-electron chi connectivity index (χ1n) is 18.7. The van der Waals surface area contributed by atoms with Gasteiger partial charge >= 0.3 is 7.12 Å². The standard InChI is InChI=1S/C21H23BO2.C21H13F4N.C6H2BrF4N/c1-16-6-8-17(9-7-16)10-11-18-12-14-19(15-13-18)22-23-20(2,3)21(4,5)24-22;1-12-2-4-13(5-3-12)6-7-14-8-10-15(11-9-14)16-17(22)19(24)21(26)20(25)18(16)23;7-1-2(8)4(10)6(12)5(11)3(1)9/h6-9,12-15H,1-5H3;2-5,8-11H,26H2,1H3;12H2. The molecular weight excluding hydrogens is 879 g/mol. The van der Waals surface area contributed by atoms with E-state index in [4.69, 9.17) is 20.8 Å². The Labute approximate surface area is 363 Å². The van der Waals surface area contributed by atoms with Gasteiger partial charge < -0.3 is 20.8 Å². The minimum Gasteiger partial charge on any atom is -0.399 e. The molecule has 0 bridgehead atoms. The van der Waals surface area contributed by atoms with E-state index in [1.807, 2.05) is 67.6 Å². The molecule has 1 saturated heterocycles. The first-order chi connectivity index (χ1) is 29.1. The van der Waals surface area contributed by atoms with Crippen LogP contribution in [0.4, 0.5) is 46.5 Å². The molecule has 0 aliphatic carbocycles. The zero-order valence-electron chi connectivity index (χ0n) is 34.2. The highest BCUT2D eigenvalue weighted by atomic mass is 79.9. The number of hydrogen-bond acceptors (Lipinski definition) is 4. The second-order valence-electron chi connectivity index (χ2n) is 15.0. The second-order valence-corrected chi connectivity index (χ2v) is 15.8. The summed E-state index contributed by atoms with van der Waals surface area (Å²) in [7, 11) is -0.325. The van der Waals surface area contributed by atoms with Crippen LogP contribution < -0.4 is 16.9 Å². The molecule has 0 radical (unpaired) electrons. The van der Waals surface area contributed by atoms with Crippen molar-refractivity contribution in [2.75, 3.05) is 11.5 Å². The van der Waals surface area contributed by atoms with E-state index in [0.717, 1.165) is 27.7 Å². The molecule has 62 heavy (non-hydrogen) atoms.